The highest BCUT2D eigenvalue weighted by atomic mass is 35.5. The molecular formula is C14H24ClN3O3S2. The van der Waals surface area contributed by atoms with Gasteiger partial charge in [-0.2, -0.15) is 4.31 Å². The van der Waals surface area contributed by atoms with Gasteiger partial charge in [0.05, 0.1) is 4.90 Å². The van der Waals surface area contributed by atoms with Crippen molar-refractivity contribution in [2.75, 3.05) is 26.2 Å². The van der Waals surface area contributed by atoms with Gasteiger partial charge >= 0.3 is 0 Å². The van der Waals surface area contributed by atoms with E-state index in [1.807, 2.05) is 13.8 Å². The molecule has 0 aliphatic carbocycles. The molecule has 1 saturated heterocycles. The molecule has 1 unspecified atom stereocenters. The quantitative estimate of drug-likeness (QED) is 0.853. The number of carbonyl (C=O) groups excluding carboxylic acids is 1. The number of nitrogens with zero attached hydrogens (tertiary/aromatic N) is 2. The van der Waals surface area contributed by atoms with Crippen LogP contribution in [0.15, 0.2) is 11.0 Å². The molecule has 1 aliphatic heterocycles. The number of sulfonamides is 1. The van der Waals surface area contributed by atoms with Crippen molar-refractivity contribution in [3.8, 4) is 0 Å². The van der Waals surface area contributed by atoms with Crippen LogP contribution >= 0.6 is 23.7 Å². The van der Waals surface area contributed by atoms with Crippen LogP contribution < -0.4 is 5.73 Å². The van der Waals surface area contributed by atoms with Gasteiger partial charge in [0.2, 0.25) is 15.9 Å². The predicted molar refractivity (Wildman–Crippen MR) is 94.6 cm³/mol. The second-order valence-corrected chi connectivity index (χ2v) is 9.11. The Labute approximate surface area is 148 Å². The molecular weight excluding hydrogens is 358 g/mol. The molecule has 2 rings (SSSR count). The van der Waals surface area contributed by atoms with Crippen LogP contribution in [0.1, 0.15) is 23.1 Å². The largest absolute Gasteiger partial charge is 0.340 e. The van der Waals surface area contributed by atoms with Gasteiger partial charge in [-0.25, -0.2) is 8.42 Å². The maximum atomic E-state index is 12.7. The van der Waals surface area contributed by atoms with Crippen LogP contribution in [0.2, 0.25) is 0 Å². The van der Waals surface area contributed by atoms with E-state index in [2.05, 4.69) is 0 Å². The summed E-state index contributed by atoms with van der Waals surface area (Å²) in [6.45, 7) is 7.04. The lowest BCUT2D eigenvalue weighted by Crippen LogP contribution is -2.51. The number of hydrogen-bond acceptors (Lipinski definition) is 5. The summed E-state index contributed by atoms with van der Waals surface area (Å²) in [6, 6.07) is 1.55. The molecule has 1 fully saturated rings. The van der Waals surface area contributed by atoms with Gasteiger partial charge in [-0.05, 0) is 26.8 Å². The van der Waals surface area contributed by atoms with Crippen molar-refractivity contribution < 1.29 is 13.2 Å². The first-order valence-electron chi connectivity index (χ1n) is 7.32. The van der Waals surface area contributed by atoms with Gasteiger partial charge in [0.1, 0.15) is 0 Å². The Morgan fingerprint density at radius 1 is 1.30 bits per heavy atom. The van der Waals surface area contributed by atoms with Crippen LogP contribution in [0.4, 0.5) is 0 Å². The Morgan fingerprint density at radius 3 is 2.30 bits per heavy atom. The molecule has 2 N–H and O–H groups in total. The molecule has 23 heavy (non-hydrogen) atoms. The van der Waals surface area contributed by atoms with Crippen molar-refractivity contribution >= 4 is 39.7 Å². The van der Waals surface area contributed by atoms with Crippen LogP contribution in [-0.2, 0) is 14.8 Å². The third-order valence-corrected chi connectivity index (χ3v) is 6.82. The minimum Gasteiger partial charge on any atom is -0.340 e. The maximum absolute atomic E-state index is 12.7. The van der Waals surface area contributed by atoms with Gasteiger partial charge in [-0.1, -0.05) is 0 Å². The molecule has 1 aliphatic rings. The Hall–Kier alpha value is -0.670. The predicted octanol–water partition coefficient (Wildman–Crippen LogP) is 1.36. The number of thiophene rings is 1. The molecule has 9 heteroatoms. The zero-order chi connectivity index (χ0) is 16.5. The number of rotatable bonds is 4. The van der Waals surface area contributed by atoms with E-state index in [-0.39, 0.29) is 24.4 Å². The SMILES string of the molecule is Cc1cc(S(=O)(=O)N2CCN(C(=O)CC(C)N)CC2)c(C)s1.Cl. The number of halogens is 1. The zero-order valence-electron chi connectivity index (χ0n) is 13.6. The van der Waals surface area contributed by atoms with E-state index in [1.54, 1.807) is 17.9 Å². The molecule has 1 aromatic rings. The highest BCUT2D eigenvalue weighted by Crippen LogP contribution is 2.28. The summed E-state index contributed by atoms with van der Waals surface area (Å²) in [5.41, 5.74) is 5.64. The van der Waals surface area contributed by atoms with Gasteiger partial charge in [0.15, 0.2) is 0 Å². The highest BCUT2D eigenvalue weighted by Gasteiger charge is 2.31. The van der Waals surface area contributed by atoms with Gasteiger partial charge < -0.3 is 10.6 Å². The molecule has 0 saturated carbocycles. The van der Waals surface area contributed by atoms with Gasteiger partial charge in [-0.3, -0.25) is 4.79 Å². The van der Waals surface area contributed by atoms with Crippen molar-refractivity contribution in [3.63, 3.8) is 0 Å². The third-order valence-electron chi connectivity index (χ3n) is 3.70. The van der Waals surface area contributed by atoms with Gasteiger partial charge in [0, 0.05) is 48.4 Å². The summed E-state index contributed by atoms with van der Waals surface area (Å²) in [4.78, 5) is 15.9. The first-order chi connectivity index (χ1) is 10.2. The summed E-state index contributed by atoms with van der Waals surface area (Å²) in [5, 5.41) is 0. The van der Waals surface area contributed by atoms with E-state index < -0.39 is 10.0 Å². The summed E-state index contributed by atoms with van der Waals surface area (Å²) >= 11 is 1.49. The Kier molecular flexibility index (Phi) is 7.03. The molecule has 132 valence electrons. The smallest absolute Gasteiger partial charge is 0.244 e. The van der Waals surface area contributed by atoms with E-state index in [1.165, 1.54) is 15.6 Å². The normalized spacial score (nSPS) is 17.7. The molecule has 0 aromatic carbocycles. The average Bonchev–Trinajstić information content (AvgIpc) is 2.78. The number of amides is 1. The lowest BCUT2D eigenvalue weighted by atomic mass is 10.2. The van der Waals surface area contributed by atoms with Crippen LogP contribution in [0.5, 0.6) is 0 Å². The number of nitrogens with two attached hydrogens (primary N) is 1. The van der Waals surface area contributed by atoms with E-state index in [9.17, 15) is 13.2 Å². The van der Waals surface area contributed by atoms with Crippen LogP contribution in [-0.4, -0.2) is 55.8 Å². The second-order valence-electron chi connectivity index (χ2n) is 5.74. The van der Waals surface area contributed by atoms with Crippen LogP contribution in [0.25, 0.3) is 0 Å². The second kappa shape index (κ2) is 7.94. The summed E-state index contributed by atoms with van der Waals surface area (Å²) in [5.74, 6) is -0.00499. The van der Waals surface area contributed by atoms with Crippen LogP contribution in [0.3, 0.4) is 0 Å². The van der Waals surface area contributed by atoms with Crippen molar-refractivity contribution in [3.05, 3.63) is 15.8 Å². The standard InChI is InChI=1S/C14H23N3O3S2.ClH/c1-10(15)8-14(18)16-4-6-17(7-5-16)22(19,20)13-9-11(2)21-12(13)3;/h9-10H,4-8,15H2,1-3H3;1H. The van der Waals surface area contributed by atoms with Gasteiger partial charge in [-0.15, -0.1) is 23.7 Å². The number of carbonyl (C=O) groups is 1. The highest BCUT2D eigenvalue weighted by molar-refractivity contribution is 7.89. The summed E-state index contributed by atoms with van der Waals surface area (Å²) < 4.78 is 26.8. The Balaban J connectivity index is 0.00000264. The summed E-state index contributed by atoms with van der Waals surface area (Å²) in [7, 11) is -3.46. The molecule has 1 aromatic heterocycles. The summed E-state index contributed by atoms with van der Waals surface area (Å²) in [6.07, 6.45) is 0.301. The molecule has 0 spiro atoms. The molecule has 6 nitrogen and oxygen atoms in total. The lowest BCUT2D eigenvalue weighted by Gasteiger charge is -2.34. The minimum absolute atomic E-state index is 0. The monoisotopic (exact) mass is 381 g/mol. The van der Waals surface area contributed by atoms with Crippen molar-refractivity contribution in [2.24, 2.45) is 5.73 Å². The first-order valence-corrected chi connectivity index (χ1v) is 9.58. The van der Waals surface area contributed by atoms with E-state index in [4.69, 9.17) is 5.73 Å². The van der Waals surface area contributed by atoms with E-state index >= 15 is 0 Å². The average molecular weight is 382 g/mol. The fourth-order valence-electron chi connectivity index (χ4n) is 2.59. The maximum Gasteiger partial charge on any atom is 0.244 e. The topological polar surface area (TPSA) is 83.7 Å². The van der Waals surface area contributed by atoms with Crippen molar-refractivity contribution in [1.29, 1.82) is 0 Å². The number of hydrogen-bond donors (Lipinski definition) is 1. The first kappa shape index (κ1) is 20.4. The molecule has 0 radical (unpaired) electrons. The van der Waals surface area contributed by atoms with Crippen molar-refractivity contribution in [2.45, 2.75) is 38.1 Å². The molecule has 0 bridgehead atoms. The third kappa shape index (κ3) is 4.67. The lowest BCUT2D eigenvalue weighted by molar-refractivity contribution is -0.132. The van der Waals surface area contributed by atoms with Gasteiger partial charge in [0.25, 0.3) is 0 Å². The Bertz CT molecular complexity index is 650. The molecule has 1 atom stereocenters. The molecule has 2 heterocycles. The Morgan fingerprint density at radius 2 is 1.87 bits per heavy atom. The van der Waals surface area contributed by atoms with Crippen molar-refractivity contribution in [1.82, 2.24) is 9.21 Å². The zero-order valence-corrected chi connectivity index (χ0v) is 16.1. The number of aryl methyl sites for hydroxylation is 2. The minimum atomic E-state index is -3.46. The molecule has 1 amide bonds. The fraction of sp³-hybridized carbons (Fsp3) is 0.643. The fourth-order valence-corrected chi connectivity index (χ4v) is 5.53. The van der Waals surface area contributed by atoms with Crippen LogP contribution in [0, 0.1) is 13.8 Å². The van der Waals surface area contributed by atoms with E-state index in [0.29, 0.717) is 37.5 Å². The number of piperazine rings is 1. The van der Waals surface area contributed by atoms with E-state index in [0.717, 1.165) is 9.75 Å².